The first-order valence-corrected chi connectivity index (χ1v) is 7.34. The van der Waals surface area contributed by atoms with E-state index < -0.39 is 0 Å². The van der Waals surface area contributed by atoms with Crippen molar-refractivity contribution in [1.29, 1.82) is 0 Å². The van der Waals surface area contributed by atoms with Gasteiger partial charge in [-0.25, -0.2) is 9.36 Å². The fraction of sp³-hybridized carbons (Fsp3) is 0. The third kappa shape index (κ3) is 2.19. The van der Waals surface area contributed by atoms with Crippen molar-refractivity contribution in [1.82, 2.24) is 14.3 Å². The van der Waals surface area contributed by atoms with Gasteiger partial charge in [-0.3, -0.25) is 9.78 Å². The van der Waals surface area contributed by atoms with Crippen molar-refractivity contribution in [2.75, 3.05) is 0 Å². The van der Waals surface area contributed by atoms with E-state index in [0.29, 0.717) is 23.5 Å². The fourth-order valence-corrected chi connectivity index (χ4v) is 2.80. The molecule has 0 aliphatic rings. The number of oxazole rings is 1. The fourth-order valence-electron chi connectivity index (χ4n) is 2.21. The Hall–Kier alpha value is -2.86. The van der Waals surface area contributed by atoms with Crippen LogP contribution in [0.3, 0.4) is 0 Å². The standard InChI is InChI=1S/C16H9N3O2S/c20-9-12-7-11(3-5-17-12)16-19-13-8-10(1-2-14(13)21-16)15-4-6-18-22-15/h1-9H. The summed E-state index contributed by atoms with van der Waals surface area (Å²) < 4.78 is 9.87. The van der Waals surface area contributed by atoms with Gasteiger partial charge in [0.05, 0.1) is 4.88 Å². The minimum absolute atomic E-state index is 0.352. The van der Waals surface area contributed by atoms with Crippen LogP contribution < -0.4 is 0 Å². The first-order valence-electron chi connectivity index (χ1n) is 6.57. The Kier molecular flexibility index (Phi) is 3.01. The van der Waals surface area contributed by atoms with Gasteiger partial charge in [0, 0.05) is 18.0 Å². The second-order valence-electron chi connectivity index (χ2n) is 4.67. The van der Waals surface area contributed by atoms with Crippen LogP contribution in [0, 0.1) is 0 Å². The molecule has 0 fully saturated rings. The van der Waals surface area contributed by atoms with Gasteiger partial charge in [-0.15, -0.1) is 0 Å². The molecule has 0 spiro atoms. The van der Waals surface area contributed by atoms with E-state index in [2.05, 4.69) is 14.3 Å². The lowest BCUT2D eigenvalue weighted by Crippen LogP contribution is -1.86. The van der Waals surface area contributed by atoms with Crippen molar-refractivity contribution < 1.29 is 9.21 Å². The molecule has 0 unspecified atom stereocenters. The molecule has 1 aromatic carbocycles. The number of hydrogen-bond donors (Lipinski definition) is 0. The second-order valence-corrected chi connectivity index (χ2v) is 5.50. The van der Waals surface area contributed by atoms with Crippen LogP contribution in [0.15, 0.2) is 53.2 Å². The van der Waals surface area contributed by atoms with Crippen LogP contribution in [0.1, 0.15) is 10.5 Å². The third-order valence-electron chi connectivity index (χ3n) is 3.26. The number of hydrogen-bond acceptors (Lipinski definition) is 6. The Morgan fingerprint density at radius 2 is 2.00 bits per heavy atom. The molecule has 0 aliphatic heterocycles. The quantitative estimate of drug-likeness (QED) is 0.538. The average Bonchev–Trinajstić information content (AvgIpc) is 3.23. The van der Waals surface area contributed by atoms with Gasteiger partial charge in [0.25, 0.3) is 0 Å². The summed E-state index contributed by atoms with van der Waals surface area (Å²) in [7, 11) is 0. The van der Waals surface area contributed by atoms with Crippen molar-refractivity contribution in [3.63, 3.8) is 0 Å². The van der Waals surface area contributed by atoms with E-state index in [1.54, 1.807) is 24.5 Å². The minimum atomic E-state index is 0.352. The van der Waals surface area contributed by atoms with Crippen molar-refractivity contribution >= 4 is 28.9 Å². The van der Waals surface area contributed by atoms with Gasteiger partial charge in [0.1, 0.15) is 11.2 Å². The summed E-state index contributed by atoms with van der Waals surface area (Å²) in [6.07, 6.45) is 4.04. The molecule has 3 heterocycles. The highest BCUT2D eigenvalue weighted by Crippen LogP contribution is 2.29. The normalized spacial score (nSPS) is 10.9. The summed E-state index contributed by atoms with van der Waals surface area (Å²) >= 11 is 1.44. The summed E-state index contributed by atoms with van der Waals surface area (Å²) in [5.74, 6) is 0.474. The van der Waals surface area contributed by atoms with Crippen molar-refractivity contribution in [2.45, 2.75) is 0 Å². The molecule has 0 saturated heterocycles. The minimum Gasteiger partial charge on any atom is -0.436 e. The molecule has 0 bridgehead atoms. The van der Waals surface area contributed by atoms with Crippen LogP contribution in [0.4, 0.5) is 0 Å². The number of carbonyl (C=O) groups excluding carboxylic acids is 1. The summed E-state index contributed by atoms with van der Waals surface area (Å²) in [5, 5.41) is 0. The number of pyridine rings is 1. The lowest BCUT2D eigenvalue weighted by molar-refractivity contribution is 0.111. The monoisotopic (exact) mass is 307 g/mol. The zero-order chi connectivity index (χ0) is 14.9. The van der Waals surface area contributed by atoms with E-state index in [0.717, 1.165) is 21.5 Å². The second kappa shape index (κ2) is 5.16. The topological polar surface area (TPSA) is 68.9 Å². The molecular formula is C16H9N3O2S. The average molecular weight is 307 g/mol. The van der Waals surface area contributed by atoms with Crippen LogP contribution in [0.5, 0.6) is 0 Å². The van der Waals surface area contributed by atoms with Gasteiger partial charge in [0.2, 0.25) is 5.89 Å². The predicted octanol–water partition coefficient (Wildman–Crippen LogP) is 3.83. The van der Waals surface area contributed by atoms with E-state index in [-0.39, 0.29) is 0 Å². The molecule has 0 atom stereocenters. The first-order chi connectivity index (χ1) is 10.8. The molecule has 0 amide bonds. The molecule has 4 aromatic rings. The maximum Gasteiger partial charge on any atom is 0.227 e. The molecule has 0 radical (unpaired) electrons. The van der Waals surface area contributed by atoms with Crippen LogP contribution >= 0.6 is 11.5 Å². The molecule has 5 nitrogen and oxygen atoms in total. The lowest BCUT2D eigenvalue weighted by Gasteiger charge is -1.94. The van der Waals surface area contributed by atoms with Gasteiger partial charge in [-0.1, -0.05) is 0 Å². The maximum absolute atomic E-state index is 10.8. The molecule has 4 rings (SSSR count). The van der Waals surface area contributed by atoms with Gasteiger partial charge in [-0.05, 0) is 53.5 Å². The van der Waals surface area contributed by atoms with Crippen LogP contribution in [0.25, 0.3) is 33.0 Å². The van der Waals surface area contributed by atoms with Crippen LogP contribution in [0.2, 0.25) is 0 Å². The Labute approximate surface area is 129 Å². The molecule has 106 valence electrons. The molecular weight excluding hydrogens is 298 g/mol. The van der Waals surface area contributed by atoms with E-state index in [9.17, 15) is 4.79 Å². The van der Waals surface area contributed by atoms with Crippen molar-refractivity contribution in [2.24, 2.45) is 0 Å². The molecule has 0 saturated carbocycles. The Bertz CT molecular complexity index is 961. The molecule has 22 heavy (non-hydrogen) atoms. The van der Waals surface area contributed by atoms with Crippen LogP contribution in [-0.4, -0.2) is 20.6 Å². The Morgan fingerprint density at radius 1 is 1.05 bits per heavy atom. The van der Waals surface area contributed by atoms with E-state index >= 15 is 0 Å². The first kappa shape index (κ1) is 12.8. The number of rotatable bonds is 3. The number of benzene rings is 1. The van der Waals surface area contributed by atoms with Crippen molar-refractivity contribution in [3.8, 4) is 21.9 Å². The third-order valence-corrected chi connectivity index (χ3v) is 4.05. The molecule has 0 aliphatic carbocycles. The predicted molar refractivity (Wildman–Crippen MR) is 83.7 cm³/mol. The van der Waals surface area contributed by atoms with Gasteiger partial charge >= 0.3 is 0 Å². The van der Waals surface area contributed by atoms with Gasteiger partial charge in [-0.2, -0.15) is 0 Å². The Morgan fingerprint density at radius 3 is 2.82 bits per heavy atom. The summed E-state index contributed by atoms with van der Waals surface area (Å²) in [6.45, 7) is 0. The van der Waals surface area contributed by atoms with Crippen molar-refractivity contribution in [3.05, 3.63) is 54.5 Å². The maximum atomic E-state index is 10.8. The lowest BCUT2D eigenvalue weighted by atomic mass is 10.2. The molecule has 6 heteroatoms. The molecule has 3 aromatic heterocycles. The van der Waals surface area contributed by atoms with E-state index in [4.69, 9.17) is 4.42 Å². The Balaban J connectivity index is 1.81. The zero-order valence-electron chi connectivity index (χ0n) is 11.3. The summed E-state index contributed by atoms with van der Waals surface area (Å²) in [6, 6.07) is 11.2. The highest BCUT2D eigenvalue weighted by atomic mass is 32.1. The molecule has 0 N–H and O–H groups in total. The SMILES string of the molecule is O=Cc1cc(-c2nc3cc(-c4ccns4)ccc3o2)ccn1. The smallest absolute Gasteiger partial charge is 0.227 e. The largest absolute Gasteiger partial charge is 0.436 e. The number of nitrogens with zero attached hydrogens (tertiary/aromatic N) is 3. The summed E-state index contributed by atoms with van der Waals surface area (Å²) in [4.78, 5) is 20.3. The van der Waals surface area contributed by atoms with Crippen LogP contribution in [-0.2, 0) is 0 Å². The van der Waals surface area contributed by atoms with E-state index in [1.807, 2.05) is 24.3 Å². The number of aldehydes is 1. The van der Waals surface area contributed by atoms with E-state index in [1.165, 1.54) is 11.5 Å². The number of aromatic nitrogens is 3. The number of fused-ring (bicyclic) bond motifs is 1. The highest BCUT2D eigenvalue weighted by Gasteiger charge is 2.10. The highest BCUT2D eigenvalue weighted by molar-refractivity contribution is 7.09. The zero-order valence-corrected chi connectivity index (χ0v) is 12.1. The number of carbonyl (C=O) groups is 1. The summed E-state index contributed by atoms with van der Waals surface area (Å²) in [5.41, 5.74) is 3.61. The van der Waals surface area contributed by atoms with Gasteiger partial charge in [0.15, 0.2) is 11.9 Å². The van der Waals surface area contributed by atoms with Gasteiger partial charge < -0.3 is 4.42 Å².